The van der Waals surface area contributed by atoms with E-state index in [2.05, 4.69) is 15.3 Å². The van der Waals surface area contributed by atoms with Crippen LogP contribution >= 0.6 is 0 Å². The summed E-state index contributed by atoms with van der Waals surface area (Å²) in [5.41, 5.74) is 12.9. The Hall–Kier alpha value is -6.42. The first-order valence-corrected chi connectivity index (χ1v) is 21.0. The normalized spacial score (nSPS) is 25.3. The molecule has 0 spiro atoms. The van der Waals surface area contributed by atoms with E-state index in [4.69, 9.17) is 37.9 Å². The van der Waals surface area contributed by atoms with Gasteiger partial charge in [-0.2, -0.15) is 0 Å². The summed E-state index contributed by atoms with van der Waals surface area (Å²) in [6.45, 7) is 3.16. The van der Waals surface area contributed by atoms with Gasteiger partial charge in [0.15, 0.2) is 18.6 Å². The van der Waals surface area contributed by atoms with Gasteiger partial charge in [0, 0.05) is 11.8 Å². The Morgan fingerprint density at radius 3 is 1.58 bits per heavy atom. The Morgan fingerprint density at radius 1 is 0.609 bits per heavy atom. The molecule has 0 aliphatic carbocycles. The van der Waals surface area contributed by atoms with Gasteiger partial charge in [-0.1, -0.05) is 133 Å². The predicted octanol–water partition coefficient (Wildman–Crippen LogP) is 7.50. The number of carbonyl (C=O) groups is 3. The topological polar surface area (TPSA) is 186 Å². The van der Waals surface area contributed by atoms with Crippen LogP contribution in [0.4, 0.5) is 0 Å². The summed E-state index contributed by atoms with van der Waals surface area (Å²) in [6.07, 6.45) is -10.0. The number of nitrogens with zero attached hydrogens (tertiary/aromatic N) is 3. The van der Waals surface area contributed by atoms with Gasteiger partial charge in [0.1, 0.15) is 43.2 Å². The van der Waals surface area contributed by atoms with E-state index in [1.54, 1.807) is 60.7 Å². The maximum absolute atomic E-state index is 14.0. The molecule has 2 aliphatic rings. The molecule has 1 amide bonds. The molecule has 5 aromatic carbocycles. The number of hydrogen-bond acceptors (Lipinski definition) is 12. The summed E-state index contributed by atoms with van der Waals surface area (Å²) in [5.74, 6) is -1.99. The second kappa shape index (κ2) is 22.8. The molecule has 15 nitrogen and oxygen atoms in total. The summed E-state index contributed by atoms with van der Waals surface area (Å²) >= 11 is 0. The van der Waals surface area contributed by atoms with Crippen molar-refractivity contribution in [3.8, 4) is 0 Å². The largest absolute Gasteiger partial charge is 0.459 e. The minimum atomic E-state index is -1.45. The van der Waals surface area contributed by atoms with Gasteiger partial charge in [-0.3, -0.25) is 4.79 Å². The Bertz CT molecular complexity index is 2290. The van der Waals surface area contributed by atoms with Crippen molar-refractivity contribution in [2.75, 3.05) is 6.61 Å². The number of azide groups is 1. The van der Waals surface area contributed by atoms with Crippen molar-refractivity contribution in [2.24, 2.45) is 5.11 Å². The van der Waals surface area contributed by atoms with E-state index in [9.17, 15) is 19.9 Å². The Morgan fingerprint density at radius 2 is 1.08 bits per heavy atom. The molecular weight excluding hydrogens is 821 g/mol. The van der Waals surface area contributed by atoms with Crippen molar-refractivity contribution in [3.05, 3.63) is 190 Å². The molecule has 15 heteroatoms. The van der Waals surface area contributed by atoms with Crippen molar-refractivity contribution in [3.63, 3.8) is 0 Å². The molecule has 0 radical (unpaired) electrons. The van der Waals surface area contributed by atoms with Gasteiger partial charge in [-0.15, -0.1) is 0 Å². The highest BCUT2D eigenvalue weighted by atomic mass is 16.7. The van der Waals surface area contributed by atoms with Crippen LogP contribution in [-0.4, -0.2) is 85.7 Å². The fourth-order valence-electron chi connectivity index (χ4n) is 7.61. The van der Waals surface area contributed by atoms with Crippen LogP contribution in [0.2, 0.25) is 0 Å². The lowest BCUT2D eigenvalue weighted by Crippen LogP contribution is -2.68. The molecule has 7 rings (SSSR count). The van der Waals surface area contributed by atoms with E-state index in [0.29, 0.717) is 0 Å². The molecule has 2 heterocycles. The van der Waals surface area contributed by atoms with Crippen LogP contribution in [0, 0.1) is 0 Å². The first-order valence-electron chi connectivity index (χ1n) is 21.0. The monoisotopic (exact) mass is 870 g/mol. The fourth-order valence-corrected chi connectivity index (χ4v) is 7.61. The van der Waals surface area contributed by atoms with E-state index in [1.807, 2.05) is 97.9 Å². The van der Waals surface area contributed by atoms with Crippen LogP contribution in [0.5, 0.6) is 0 Å². The minimum Gasteiger partial charge on any atom is -0.459 e. The number of rotatable bonds is 18. The lowest BCUT2D eigenvalue weighted by Gasteiger charge is -2.49. The number of amides is 1. The number of nitrogens with one attached hydrogen (secondary N) is 1. The van der Waals surface area contributed by atoms with Crippen molar-refractivity contribution in [1.29, 1.82) is 0 Å². The quantitative estimate of drug-likeness (QED) is 0.0398. The van der Waals surface area contributed by atoms with Gasteiger partial charge in [0.05, 0.1) is 37.1 Å². The van der Waals surface area contributed by atoms with Gasteiger partial charge in [0.2, 0.25) is 5.91 Å². The fraction of sp³-hybridized carbons (Fsp3) is 0.327. The highest BCUT2D eigenvalue weighted by Gasteiger charge is 2.54. The Balaban J connectivity index is 1.29. The van der Waals surface area contributed by atoms with Crippen LogP contribution in [0.15, 0.2) is 157 Å². The molecular formula is C49H50N4O11. The number of ether oxygens (including phenoxy) is 8. The molecule has 10 atom stereocenters. The van der Waals surface area contributed by atoms with Gasteiger partial charge in [-0.05, 0) is 53.4 Å². The zero-order chi connectivity index (χ0) is 44.7. The highest BCUT2D eigenvalue weighted by molar-refractivity contribution is 5.90. The van der Waals surface area contributed by atoms with Gasteiger partial charge in [-0.25, -0.2) is 9.59 Å². The lowest BCUT2D eigenvalue weighted by atomic mass is 9.94. The zero-order valence-corrected chi connectivity index (χ0v) is 35.4. The van der Waals surface area contributed by atoms with Gasteiger partial charge in [0.25, 0.3) is 0 Å². The first-order chi connectivity index (χ1) is 31.3. The average Bonchev–Trinajstić information content (AvgIpc) is 3.32. The van der Waals surface area contributed by atoms with Crippen molar-refractivity contribution >= 4 is 17.8 Å². The molecule has 0 bridgehead atoms. The van der Waals surface area contributed by atoms with Crippen LogP contribution in [0.1, 0.15) is 51.3 Å². The van der Waals surface area contributed by atoms with Gasteiger partial charge < -0.3 is 43.2 Å². The Labute approximate surface area is 371 Å². The van der Waals surface area contributed by atoms with E-state index in [1.165, 1.54) is 6.92 Å². The summed E-state index contributed by atoms with van der Waals surface area (Å²) in [7, 11) is 0. The molecule has 0 aromatic heterocycles. The summed E-state index contributed by atoms with van der Waals surface area (Å²) in [5, 5.41) is 6.58. The predicted molar refractivity (Wildman–Crippen MR) is 232 cm³/mol. The number of benzene rings is 5. The molecule has 0 unspecified atom stereocenters. The average molecular weight is 871 g/mol. The van der Waals surface area contributed by atoms with E-state index >= 15 is 0 Å². The standard InChI is InChI=1S/C49H50N4O11/c1-32-41(57-28-34-18-8-3-9-19-34)44(58-29-35-20-10-4-11-21-35)45(59-30-36-22-12-5-13-23-36)49(61-32)64-42-39(31-60-47(55)37-24-14-6-15-25-37)62-46(52-53-50)40(51-33(2)54)43(42)63-48(56)38-26-16-7-17-27-38/h3-27,32,39-46,49H,28-31H2,1-2H3,(H,51,54)/t32-,39+,40+,41+,42+,43+,44+,45-,46+,49-/m0/s1. The first kappa shape index (κ1) is 45.6. The van der Waals surface area contributed by atoms with Crippen LogP contribution < -0.4 is 5.32 Å². The summed E-state index contributed by atoms with van der Waals surface area (Å²) in [4.78, 5) is 43.1. The van der Waals surface area contributed by atoms with Crippen molar-refractivity contribution < 1.29 is 52.3 Å². The smallest absolute Gasteiger partial charge is 0.338 e. The Kier molecular flexibility index (Phi) is 16.2. The van der Waals surface area contributed by atoms with Crippen LogP contribution in [0.25, 0.3) is 10.4 Å². The molecule has 2 saturated heterocycles. The van der Waals surface area contributed by atoms with E-state index in [-0.39, 0.29) is 30.9 Å². The maximum Gasteiger partial charge on any atom is 0.338 e. The van der Waals surface area contributed by atoms with Crippen LogP contribution in [-0.2, 0) is 62.5 Å². The van der Waals surface area contributed by atoms with E-state index in [0.717, 1.165) is 16.7 Å². The second-order valence-electron chi connectivity index (χ2n) is 15.3. The number of esters is 2. The summed E-state index contributed by atoms with van der Waals surface area (Å²) in [6, 6.07) is 44.2. The number of hydrogen-bond donors (Lipinski definition) is 1. The second-order valence-corrected chi connectivity index (χ2v) is 15.3. The van der Waals surface area contributed by atoms with Gasteiger partial charge >= 0.3 is 11.9 Å². The number of carbonyl (C=O) groups excluding carboxylic acids is 3. The zero-order valence-electron chi connectivity index (χ0n) is 35.4. The van der Waals surface area contributed by atoms with Crippen molar-refractivity contribution in [1.82, 2.24) is 5.32 Å². The molecule has 2 aliphatic heterocycles. The maximum atomic E-state index is 14.0. The molecule has 2 fully saturated rings. The summed E-state index contributed by atoms with van der Waals surface area (Å²) < 4.78 is 52.2. The molecule has 64 heavy (non-hydrogen) atoms. The minimum absolute atomic E-state index is 0.110. The van der Waals surface area contributed by atoms with E-state index < -0.39 is 85.7 Å². The molecule has 0 saturated carbocycles. The third-order valence-electron chi connectivity index (χ3n) is 10.7. The molecule has 332 valence electrons. The third-order valence-corrected chi connectivity index (χ3v) is 10.7. The van der Waals surface area contributed by atoms with Crippen molar-refractivity contribution in [2.45, 2.75) is 95.0 Å². The molecule has 5 aromatic rings. The third kappa shape index (κ3) is 12.2. The SMILES string of the molecule is CC(=O)N[C@@H]1[C@@H](OC(=O)c2ccccc2)[C@H](O[C@@H]2O[C@@H](C)[C@@H](OCc3ccccc3)[C@@H](OCc3ccccc3)[C@@H]2OCc2ccccc2)[C@@H](COC(=O)c2ccccc2)O[C@H]1N=[N+]=[N-]. The van der Waals surface area contributed by atoms with Crippen LogP contribution in [0.3, 0.4) is 0 Å². The molecule has 1 N–H and O–H groups in total. The lowest BCUT2D eigenvalue weighted by molar-refractivity contribution is -0.347. The highest BCUT2D eigenvalue weighted by Crippen LogP contribution is 2.36.